The number of benzene rings is 1. The Balaban J connectivity index is 2.22. The van der Waals surface area contributed by atoms with Crippen LogP contribution in [0, 0.1) is 5.41 Å². The van der Waals surface area contributed by atoms with Gasteiger partial charge in [-0.1, -0.05) is 39.0 Å². The molecule has 1 aromatic carbocycles. The van der Waals surface area contributed by atoms with Gasteiger partial charge in [-0.2, -0.15) is 0 Å². The predicted molar refractivity (Wildman–Crippen MR) is 58.1 cm³/mol. The summed E-state index contributed by atoms with van der Waals surface area (Å²) in [4.78, 5) is 0. The van der Waals surface area contributed by atoms with E-state index in [1.165, 1.54) is 11.3 Å². The Bertz CT molecular complexity index is 327. The molecule has 0 bridgehead atoms. The van der Waals surface area contributed by atoms with Gasteiger partial charge in [0.15, 0.2) is 0 Å². The fraction of sp³-hybridized carbons (Fsp3) is 0.500. The van der Waals surface area contributed by atoms with Crippen molar-refractivity contribution in [1.29, 1.82) is 0 Å². The molecule has 1 aromatic rings. The van der Waals surface area contributed by atoms with Gasteiger partial charge in [0.1, 0.15) is 6.23 Å². The summed E-state index contributed by atoms with van der Waals surface area (Å²) in [6.45, 7) is 7.25. The van der Waals surface area contributed by atoms with Gasteiger partial charge in [-0.15, -0.1) is 0 Å². The van der Waals surface area contributed by atoms with Crippen molar-refractivity contribution in [3.8, 4) is 0 Å². The molecule has 14 heavy (non-hydrogen) atoms. The zero-order chi connectivity index (χ0) is 10.2. The van der Waals surface area contributed by atoms with Crippen LogP contribution in [0.4, 0.5) is 5.69 Å². The van der Waals surface area contributed by atoms with Crippen LogP contribution in [0.1, 0.15) is 26.3 Å². The van der Waals surface area contributed by atoms with Gasteiger partial charge >= 0.3 is 0 Å². The highest BCUT2D eigenvalue weighted by Crippen LogP contribution is 2.30. The second kappa shape index (κ2) is 3.28. The standard InChI is InChI=1S/C12H17NO/c1-12(2,3)11-13-10-7-5-4-6-9(10)8-14-11/h4-7,11,13H,8H2,1-3H3. The fourth-order valence-corrected chi connectivity index (χ4v) is 1.61. The van der Waals surface area contributed by atoms with Gasteiger partial charge in [-0.05, 0) is 6.07 Å². The first-order valence-corrected chi connectivity index (χ1v) is 5.03. The molecule has 2 rings (SSSR count). The van der Waals surface area contributed by atoms with E-state index < -0.39 is 0 Å². The molecule has 0 aromatic heterocycles. The lowest BCUT2D eigenvalue weighted by atomic mass is 9.93. The third-order valence-electron chi connectivity index (χ3n) is 2.50. The molecule has 1 N–H and O–H groups in total. The molecule has 1 aliphatic heterocycles. The summed E-state index contributed by atoms with van der Waals surface area (Å²) in [7, 11) is 0. The monoisotopic (exact) mass is 191 g/mol. The molecular weight excluding hydrogens is 174 g/mol. The van der Waals surface area contributed by atoms with E-state index in [2.05, 4.69) is 44.3 Å². The topological polar surface area (TPSA) is 21.3 Å². The molecule has 0 aliphatic carbocycles. The minimum Gasteiger partial charge on any atom is -0.359 e. The fourth-order valence-electron chi connectivity index (χ4n) is 1.61. The highest BCUT2D eigenvalue weighted by Gasteiger charge is 2.28. The quantitative estimate of drug-likeness (QED) is 0.680. The van der Waals surface area contributed by atoms with E-state index in [9.17, 15) is 0 Å². The number of nitrogens with one attached hydrogen (secondary N) is 1. The highest BCUT2D eigenvalue weighted by molar-refractivity contribution is 5.52. The van der Waals surface area contributed by atoms with Crippen molar-refractivity contribution in [2.75, 3.05) is 5.32 Å². The third-order valence-corrected chi connectivity index (χ3v) is 2.50. The Labute approximate surface area is 85.3 Å². The Kier molecular flexibility index (Phi) is 2.23. The number of ether oxygens (including phenoxy) is 1. The minimum absolute atomic E-state index is 0.109. The second-order valence-electron chi connectivity index (χ2n) is 4.86. The third kappa shape index (κ3) is 1.75. The van der Waals surface area contributed by atoms with E-state index in [0.717, 1.165) is 0 Å². The Morgan fingerprint density at radius 2 is 2.00 bits per heavy atom. The first-order chi connectivity index (χ1) is 6.57. The summed E-state index contributed by atoms with van der Waals surface area (Å²) in [5.74, 6) is 0. The van der Waals surface area contributed by atoms with Crippen molar-refractivity contribution in [1.82, 2.24) is 0 Å². The minimum atomic E-state index is 0.109. The number of para-hydroxylation sites is 1. The molecule has 2 nitrogen and oxygen atoms in total. The van der Waals surface area contributed by atoms with E-state index in [0.29, 0.717) is 6.61 Å². The predicted octanol–water partition coefficient (Wildman–Crippen LogP) is 3.00. The first kappa shape index (κ1) is 9.53. The van der Waals surface area contributed by atoms with Crippen LogP contribution in [-0.4, -0.2) is 6.23 Å². The van der Waals surface area contributed by atoms with Crippen LogP contribution in [-0.2, 0) is 11.3 Å². The highest BCUT2D eigenvalue weighted by atomic mass is 16.5. The van der Waals surface area contributed by atoms with Crippen LogP contribution in [0.15, 0.2) is 24.3 Å². The maximum absolute atomic E-state index is 5.76. The molecule has 1 atom stereocenters. The molecule has 1 heterocycles. The number of rotatable bonds is 0. The van der Waals surface area contributed by atoms with E-state index >= 15 is 0 Å². The lowest BCUT2D eigenvalue weighted by molar-refractivity contribution is -0.0156. The molecule has 76 valence electrons. The molecule has 0 amide bonds. The molecular formula is C12H17NO. The van der Waals surface area contributed by atoms with Gasteiger partial charge < -0.3 is 10.1 Å². The van der Waals surface area contributed by atoms with Crippen molar-refractivity contribution >= 4 is 5.69 Å². The number of anilines is 1. The van der Waals surface area contributed by atoms with Gasteiger partial charge in [-0.25, -0.2) is 0 Å². The van der Waals surface area contributed by atoms with Gasteiger partial charge in [-0.3, -0.25) is 0 Å². The molecule has 1 unspecified atom stereocenters. The maximum atomic E-state index is 5.76. The average molecular weight is 191 g/mol. The summed E-state index contributed by atoms with van der Waals surface area (Å²) in [5, 5.41) is 3.41. The average Bonchev–Trinajstić information content (AvgIpc) is 2.16. The van der Waals surface area contributed by atoms with E-state index in [-0.39, 0.29) is 11.6 Å². The van der Waals surface area contributed by atoms with Crippen LogP contribution in [0.25, 0.3) is 0 Å². The SMILES string of the molecule is CC(C)(C)C1Nc2ccccc2CO1. The Morgan fingerprint density at radius 1 is 1.29 bits per heavy atom. The van der Waals surface area contributed by atoms with Crippen molar-refractivity contribution in [2.45, 2.75) is 33.6 Å². The van der Waals surface area contributed by atoms with Crippen molar-refractivity contribution < 1.29 is 4.74 Å². The number of fused-ring (bicyclic) bond motifs is 1. The van der Waals surface area contributed by atoms with Crippen molar-refractivity contribution in [3.05, 3.63) is 29.8 Å². The van der Waals surface area contributed by atoms with Gasteiger partial charge in [0.2, 0.25) is 0 Å². The summed E-state index contributed by atoms with van der Waals surface area (Å²) >= 11 is 0. The van der Waals surface area contributed by atoms with Crippen LogP contribution in [0.5, 0.6) is 0 Å². The van der Waals surface area contributed by atoms with Crippen molar-refractivity contribution in [3.63, 3.8) is 0 Å². The molecule has 0 radical (unpaired) electrons. The summed E-state index contributed by atoms with van der Waals surface area (Å²) in [5.41, 5.74) is 2.58. The van der Waals surface area contributed by atoms with Gasteiger partial charge in [0.25, 0.3) is 0 Å². The smallest absolute Gasteiger partial charge is 0.133 e. The lowest BCUT2D eigenvalue weighted by Crippen LogP contribution is -2.39. The van der Waals surface area contributed by atoms with E-state index in [4.69, 9.17) is 4.74 Å². The van der Waals surface area contributed by atoms with Crippen LogP contribution in [0.3, 0.4) is 0 Å². The lowest BCUT2D eigenvalue weighted by Gasteiger charge is -2.36. The maximum Gasteiger partial charge on any atom is 0.133 e. The van der Waals surface area contributed by atoms with Crippen molar-refractivity contribution in [2.24, 2.45) is 5.41 Å². The van der Waals surface area contributed by atoms with Gasteiger partial charge in [0.05, 0.1) is 6.61 Å². The Hall–Kier alpha value is -1.02. The van der Waals surface area contributed by atoms with E-state index in [1.807, 2.05) is 6.07 Å². The Morgan fingerprint density at radius 3 is 2.71 bits per heavy atom. The zero-order valence-corrected chi connectivity index (χ0v) is 9.00. The molecule has 1 aliphatic rings. The van der Waals surface area contributed by atoms with Crippen LogP contribution in [0.2, 0.25) is 0 Å². The molecule has 2 heteroatoms. The normalized spacial score (nSPS) is 21.2. The van der Waals surface area contributed by atoms with Crippen LogP contribution >= 0.6 is 0 Å². The van der Waals surface area contributed by atoms with E-state index in [1.54, 1.807) is 0 Å². The zero-order valence-electron chi connectivity index (χ0n) is 9.00. The second-order valence-corrected chi connectivity index (χ2v) is 4.86. The number of hydrogen-bond acceptors (Lipinski definition) is 2. The molecule has 0 spiro atoms. The summed E-state index contributed by atoms with van der Waals surface area (Å²) in [6.07, 6.45) is 0.109. The molecule has 0 fully saturated rings. The largest absolute Gasteiger partial charge is 0.359 e. The first-order valence-electron chi connectivity index (χ1n) is 5.03. The summed E-state index contributed by atoms with van der Waals surface area (Å²) < 4.78 is 5.76. The van der Waals surface area contributed by atoms with Crippen LogP contribution < -0.4 is 5.32 Å². The number of hydrogen-bond donors (Lipinski definition) is 1. The summed E-state index contributed by atoms with van der Waals surface area (Å²) in [6, 6.07) is 8.30. The molecule has 0 saturated carbocycles. The molecule has 0 saturated heterocycles. The van der Waals surface area contributed by atoms with Gasteiger partial charge in [0, 0.05) is 16.7 Å².